The van der Waals surface area contributed by atoms with E-state index in [1.165, 1.54) is 11.1 Å². The average molecular weight is 350 g/mol. The third kappa shape index (κ3) is 3.48. The van der Waals surface area contributed by atoms with Crippen molar-refractivity contribution in [2.24, 2.45) is 5.92 Å². The van der Waals surface area contributed by atoms with Crippen LogP contribution in [0.25, 0.3) is 0 Å². The largest absolute Gasteiger partial charge is 0.371 e. The molecule has 2 unspecified atom stereocenters. The molecule has 0 saturated carbocycles. The summed E-state index contributed by atoms with van der Waals surface area (Å²) in [7, 11) is 0. The smallest absolute Gasteiger partial charge is 0.227 e. The Morgan fingerprint density at radius 2 is 1.77 bits per heavy atom. The van der Waals surface area contributed by atoms with Crippen LogP contribution in [0.2, 0.25) is 0 Å². The van der Waals surface area contributed by atoms with Crippen LogP contribution in [0.4, 0.5) is 5.69 Å². The second-order valence-corrected chi connectivity index (χ2v) is 6.89. The van der Waals surface area contributed by atoms with Crippen LogP contribution in [-0.4, -0.2) is 31.0 Å². The Balaban J connectivity index is 1.31. The number of nitrogens with zero attached hydrogens (tertiary/aromatic N) is 1. The standard InChI is InChI=1S/C21H22N2O3/c24-20-11-17(13-23(20)18-8-2-1-3-9-18)21(25)22-12-19-10-15-6-4-5-7-16(15)14-26-19/h1-9,17,19H,10-14H2,(H,22,25). The lowest BCUT2D eigenvalue weighted by Crippen LogP contribution is -2.40. The molecule has 1 saturated heterocycles. The highest BCUT2D eigenvalue weighted by Crippen LogP contribution is 2.25. The molecule has 2 aromatic rings. The van der Waals surface area contributed by atoms with E-state index in [0.29, 0.717) is 19.7 Å². The van der Waals surface area contributed by atoms with Crippen molar-refractivity contribution in [1.29, 1.82) is 0 Å². The second-order valence-electron chi connectivity index (χ2n) is 6.89. The Hall–Kier alpha value is -2.66. The van der Waals surface area contributed by atoms with E-state index in [-0.39, 0.29) is 30.3 Å². The van der Waals surface area contributed by atoms with E-state index in [9.17, 15) is 9.59 Å². The van der Waals surface area contributed by atoms with Crippen molar-refractivity contribution < 1.29 is 14.3 Å². The number of anilines is 1. The molecule has 134 valence electrons. The molecule has 0 aliphatic carbocycles. The summed E-state index contributed by atoms with van der Waals surface area (Å²) in [6.45, 7) is 1.49. The summed E-state index contributed by atoms with van der Waals surface area (Å²) in [5.41, 5.74) is 3.35. The van der Waals surface area contributed by atoms with E-state index < -0.39 is 0 Å². The number of nitrogens with one attached hydrogen (secondary N) is 1. The summed E-state index contributed by atoms with van der Waals surface area (Å²) in [5.74, 6) is -0.378. The molecule has 0 bridgehead atoms. The molecule has 1 N–H and O–H groups in total. The van der Waals surface area contributed by atoms with Crippen LogP contribution < -0.4 is 10.2 Å². The maximum absolute atomic E-state index is 12.5. The number of carbonyl (C=O) groups excluding carboxylic acids is 2. The Bertz CT molecular complexity index is 806. The van der Waals surface area contributed by atoms with Crippen LogP contribution in [-0.2, 0) is 27.4 Å². The minimum atomic E-state index is -0.307. The van der Waals surface area contributed by atoms with Crippen LogP contribution in [0.15, 0.2) is 54.6 Å². The van der Waals surface area contributed by atoms with Crippen LogP contribution in [0.3, 0.4) is 0 Å². The van der Waals surface area contributed by atoms with Gasteiger partial charge in [-0.25, -0.2) is 0 Å². The molecule has 0 radical (unpaired) electrons. The molecule has 2 amide bonds. The van der Waals surface area contributed by atoms with Gasteiger partial charge in [0.2, 0.25) is 11.8 Å². The second kappa shape index (κ2) is 7.30. The molecule has 0 aromatic heterocycles. The van der Waals surface area contributed by atoms with Gasteiger partial charge in [-0.2, -0.15) is 0 Å². The van der Waals surface area contributed by atoms with Crippen molar-refractivity contribution in [3.63, 3.8) is 0 Å². The molecule has 5 nitrogen and oxygen atoms in total. The Morgan fingerprint density at radius 1 is 1.04 bits per heavy atom. The number of hydrogen-bond donors (Lipinski definition) is 1. The summed E-state index contributed by atoms with van der Waals surface area (Å²) >= 11 is 0. The van der Waals surface area contributed by atoms with Crippen LogP contribution >= 0.6 is 0 Å². The van der Waals surface area contributed by atoms with Gasteiger partial charge in [-0.1, -0.05) is 42.5 Å². The predicted octanol–water partition coefficient (Wildman–Crippen LogP) is 2.30. The SMILES string of the molecule is O=C(NCC1Cc2ccccc2CO1)C1CC(=O)N(c2ccccc2)C1. The van der Waals surface area contributed by atoms with Gasteiger partial charge in [0, 0.05) is 31.6 Å². The average Bonchev–Trinajstić information content (AvgIpc) is 3.08. The van der Waals surface area contributed by atoms with Gasteiger partial charge in [-0.05, 0) is 23.3 Å². The summed E-state index contributed by atoms with van der Waals surface area (Å²) in [4.78, 5) is 26.5. The lowest BCUT2D eigenvalue weighted by molar-refractivity contribution is -0.127. The van der Waals surface area contributed by atoms with Gasteiger partial charge in [-0.15, -0.1) is 0 Å². The van der Waals surface area contributed by atoms with E-state index >= 15 is 0 Å². The molecular weight excluding hydrogens is 328 g/mol. The van der Waals surface area contributed by atoms with Gasteiger partial charge in [0.05, 0.1) is 18.6 Å². The minimum absolute atomic E-state index is 0.000747. The monoisotopic (exact) mass is 350 g/mol. The van der Waals surface area contributed by atoms with Crippen molar-refractivity contribution in [2.75, 3.05) is 18.0 Å². The Labute approximate surface area is 153 Å². The molecule has 2 aromatic carbocycles. The molecule has 4 rings (SSSR count). The zero-order valence-electron chi connectivity index (χ0n) is 14.6. The van der Waals surface area contributed by atoms with Gasteiger partial charge in [0.15, 0.2) is 0 Å². The maximum atomic E-state index is 12.5. The zero-order chi connectivity index (χ0) is 17.9. The minimum Gasteiger partial charge on any atom is -0.371 e. The molecule has 2 aliphatic heterocycles. The fourth-order valence-electron chi connectivity index (χ4n) is 3.64. The summed E-state index contributed by atoms with van der Waals surface area (Å²) in [6, 6.07) is 17.7. The molecule has 2 heterocycles. The summed E-state index contributed by atoms with van der Waals surface area (Å²) in [6.07, 6.45) is 1.04. The maximum Gasteiger partial charge on any atom is 0.227 e. The molecule has 1 fully saturated rings. The molecule has 2 aliphatic rings. The molecule has 0 spiro atoms. The summed E-state index contributed by atoms with van der Waals surface area (Å²) < 4.78 is 5.84. The number of para-hydroxylation sites is 1. The summed E-state index contributed by atoms with van der Waals surface area (Å²) in [5, 5.41) is 2.97. The number of amides is 2. The van der Waals surface area contributed by atoms with Crippen LogP contribution in [0.1, 0.15) is 17.5 Å². The van der Waals surface area contributed by atoms with Crippen molar-refractivity contribution >= 4 is 17.5 Å². The number of ether oxygens (including phenoxy) is 1. The van der Waals surface area contributed by atoms with Crippen LogP contribution in [0.5, 0.6) is 0 Å². The molecule has 5 heteroatoms. The van der Waals surface area contributed by atoms with Crippen LogP contribution in [0, 0.1) is 5.92 Å². The molecule has 26 heavy (non-hydrogen) atoms. The Morgan fingerprint density at radius 3 is 2.58 bits per heavy atom. The quantitative estimate of drug-likeness (QED) is 0.920. The van der Waals surface area contributed by atoms with E-state index in [2.05, 4.69) is 17.4 Å². The first-order valence-electron chi connectivity index (χ1n) is 9.02. The third-order valence-electron chi connectivity index (χ3n) is 5.11. The van der Waals surface area contributed by atoms with Gasteiger partial charge in [0.1, 0.15) is 0 Å². The number of carbonyl (C=O) groups is 2. The molecular formula is C21H22N2O3. The zero-order valence-corrected chi connectivity index (χ0v) is 14.6. The highest BCUT2D eigenvalue weighted by molar-refractivity contribution is 6.00. The van der Waals surface area contributed by atoms with Gasteiger partial charge in [0.25, 0.3) is 0 Å². The van der Waals surface area contributed by atoms with Gasteiger partial charge < -0.3 is 15.0 Å². The third-order valence-corrected chi connectivity index (χ3v) is 5.11. The fourth-order valence-corrected chi connectivity index (χ4v) is 3.64. The predicted molar refractivity (Wildman–Crippen MR) is 98.6 cm³/mol. The lowest BCUT2D eigenvalue weighted by Gasteiger charge is -2.26. The highest BCUT2D eigenvalue weighted by Gasteiger charge is 2.35. The first-order chi connectivity index (χ1) is 12.7. The van der Waals surface area contributed by atoms with E-state index in [4.69, 9.17) is 4.74 Å². The number of rotatable bonds is 4. The number of hydrogen-bond acceptors (Lipinski definition) is 3. The van der Waals surface area contributed by atoms with Crippen molar-refractivity contribution in [3.05, 3.63) is 65.7 Å². The van der Waals surface area contributed by atoms with E-state index in [1.54, 1.807) is 4.90 Å². The molecule has 2 atom stereocenters. The van der Waals surface area contributed by atoms with Crippen molar-refractivity contribution in [2.45, 2.75) is 25.6 Å². The number of fused-ring (bicyclic) bond motifs is 1. The topological polar surface area (TPSA) is 58.6 Å². The van der Waals surface area contributed by atoms with Crippen molar-refractivity contribution in [3.8, 4) is 0 Å². The first kappa shape index (κ1) is 16.8. The highest BCUT2D eigenvalue weighted by atomic mass is 16.5. The fraction of sp³-hybridized carbons (Fsp3) is 0.333. The van der Waals surface area contributed by atoms with Gasteiger partial charge in [-0.3, -0.25) is 9.59 Å². The first-order valence-corrected chi connectivity index (χ1v) is 9.02. The van der Waals surface area contributed by atoms with E-state index in [0.717, 1.165) is 12.1 Å². The normalized spacial score (nSPS) is 22.2. The van der Waals surface area contributed by atoms with Crippen molar-refractivity contribution in [1.82, 2.24) is 5.32 Å². The van der Waals surface area contributed by atoms with Gasteiger partial charge >= 0.3 is 0 Å². The van der Waals surface area contributed by atoms with E-state index in [1.807, 2.05) is 42.5 Å². The Kier molecular flexibility index (Phi) is 4.71. The number of benzene rings is 2. The lowest BCUT2D eigenvalue weighted by atomic mass is 9.99.